The molecular weight excluding hydrogens is 1170 g/mol. The second kappa shape index (κ2) is 27.7. The van der Waals surface area contributed by atoms with Crippen LogP contribution in [-0.2, 0) is 32.7 Å². The van der Waals surface area contributed by atoms with Crippen LogP contribution in [0.2, 0.25) is 0 Å². The Balaban J connectivity index is 0.715. The maximum absolute atomic E-state index is 14.6. The van der Waals surface area contributed by atoms with E-state index >= 15 is 0 Å². The number of piperazine rings is 3. The SMILES string of the molecule is Fc1cccc(N2CCN(Cc3nc(-c4ccccc4)c(-c4cccc(-c5cccc(-c6nc(CN7CCN(Cc8ccccc8)CC7)[nH]c6-c6cccc(-c7cccc(-c8nc(CN9CCN(Cc%10ccccc%10F)CC9)[nH]c8-c8ccccc8)c7)c6)c5)c4)o3)CC2)c1. The van der Waals surface area contributed by atoms with Crippen molar-refractivity contribution in [3.63, 3.8) is 0 Å². The first-order chi connectivity index (χ1) is 46.3. The summed E-state index contributed by atoms with van der Waals surface area (Å²) in [7, 11) is 0. The van der Waals surface area contributed by atoms with Crippen LogP contribution < -0.4 is 4.90 Å². The first-order valence-corrected chi connectivity index (χ1v) is 32.9. The molecule has 0 radical (unpaired) electrons. The molecule has 470 valence electrons. The quantitative estimate of drug-likeness (QED) is 0.0814. The molecule has 0 amide bonds. The van der Waals surface area contributed by atoms with Gasteiger partial charge in [-0.3, -0.25) is 24.5 Å². The highest BCUT2D eigenvalue weighted by Crippen LogP contribution is 2.40. The second-order valence-electron chi connectivity index (χ2n) is 25.1. The molecule has 0 spiro atoms. The average Bonchev–Trinajstić information content (AvgIpc) is 1.63. The van der Waals surface area contributed by atoms with Crippen LogP contribution in [-0.4, -0.2) is 128 Å². The minimum Gasteiger partial charge on any atom is -0.439 e. The Labute approximate surface area is 548 Å². The van der Waals surface area contributed by atoms with Crippen molar-refractivity contribution >= 4 is 5.69 Å². The molecular formula is C80H75F2N11O. The number of aromatic amines is 2. The van der Waals surface area contributed by atoms with E-state index in [1.807, 2.05) is 42.5 Å². The summed E-state index contributed by atoms with van der Waals surface area (Å²) in [6, 6.07) is 80.4. The summed E-state index contributed by atoms with van der Waals surface area (Å²) in [6.07, 6.45) is 0. The summed E-state index contributed by atoms with van der Waals surface area (Å²) in [4.78, 5) is 38.2. The standard InChI is InChI=1S/C80H75F2N11O/c81-69-32-16-33-70(51-69)93-45-43-92(44-46-93)56-74-87-79(59-21-8-3-9-22-59)80(94-74)67-31-15-27-63(50-67)62-26-14-30-66(49-62)78-77(85-73(86-78)55-90-39-35-88(36-40-90)52-57-17-4-1-5-18-57)65-29-13-25-61(48-65)60-24-12-28-64(47-60)76-75(58-19-6-2-7-20-58)83-72(84-76)54-91-41-37-89(38-42-91)53-68-23-10-11-34-71(68)82/h1-34,47-51H,35-46,52-56H2,(H,83,84)(H,85,86). The fraction of sp³-hybridized carbons (Fsp3) is 0.212. The van der Waals surface area contributed by atoms with Crippen LogP contribution in [0, 0.1) is 11.6 Å². The van der Waals surface area contributed by atoms with Gasteiger partial charge in [0.25, 0.3) is 0 Å². The minimum atomic E-state index is -0.218. The monoisotopic (exact) mass is 1240 g/mol. The summed E-state index contributed by atoms with van der Waals surface area (Å²) < 4.78 is 35.5. The number of anilines is 1. The van der Waals surface area contributed by atoms with E-state index in [0.717, 1.165) is 198 Å². The predicted octanol–water partition coefficient (Wildman–Crippen LogP) is 15.7. The van der Waals surface area contributed by atoms with Crippen LogP contribution in [0.15, 0.2) is 241 Å². The normalized spacial score (nSPS) is 15.4. The molecule has 12 nitrogen and oxygen atoms in total. The topological polar surface area (TPSA) is 103 Å². The van der Waals surface area contributed by atoms with Gasteiger partial charge in [-0.15, -0.1) is 0 Å². The highest BCUT2D eigenvalue weighted by atomic mass is 19.1. The maximum atomic E-state index is 14.6. The molecule has 2 N–H and O–H groups in total. The van der Waals surface area contributed by atoms with E-state index in [1.54, 1.807) is 24.3 Å². The first-order valence-electron chi connectivity index (χ1n) is 32.9. The molecule has 3 saturated heterocycles. The molecule has 6 heterocycles. The van der Waals surface area contributed by atoms with Crippen molar-refractivity contribution < 1.29 is 13.2 Å². The van der Waals surface area contributed by atoms with Gasteiger partial charge >= 0.3 is 0 Å². The molecule has 0 unspecified atom stereocenters. The summed E-state index contributed by atoms with van der Waals surface area (Å²) in [5.74, 6) is 2.87. The Morgan fingerprint density at radius 2 is 0.755 bits per heavy atom. The van der Waals surface area contributed by atoms with Gasteiger partial charge in [0.1, 0.15) is 29.0 Å². The molecule has 9 aromatic carbocycles. The Morgan fingerprint density at radius 3 is 1.33 bits per heavy atom. The summed E-state index contributed by atoms with van der Waals surface area (Å²) >= 11 is 0. The van der Waals surface area contributed by atoms with E-state index in [4.69, 9.17) is 19.4 Å². The molecule has 3 aromatic heterocycles. The van der Waals surface area contributed by atoms with Crippen molar-refractivity contribution in [2.75, 3.05) is 83.4 Å². The van der Waals surface area contributed by atoms with Crippen molar-refractivity contribution in [2.45, 2.75) is 32.7 Å². The molecule has 15 rings (SSSR count). The molecule has 12 aromatic rings. The lowest BCUT2D eigenvalue weighted by molar-refractivity contribution is 0.119. The van der Waals surface area contributed by atoms with Gasteiger partial charge in [0.15, 0.2) is 5.76 Å². The Morgan fingerprint density at radius 1 is 0.330 bits per heavy atom. The lowest BCUT2D eigenvalue weighted by Crippen LogP contribution is -2.46. The average molecular weight is 1240 g/mol. The van der Waals surface area contributed by atoms with Crippen molar-refractivity contribution in [2.24, 2.45) is 0 Å². The van der Waals surface area contributed by atoms with Gasteiger partial charge in [0, 0.05) is 136 Å². The second-order valence-corrected chi connectivity index (χ2v) is 25.1. The zero-order valence-corrected chi connectivity index (χ0v) is 52.7. The molecule has 3 fully saturated rings. The number of oxazole rings is 1. The van der Waals surface area contributed by atoms with Crippen molar-refractivity contribution in [3.05, 3.63) is 277 Å². The molecule has 0 aliphatic carbocycles. The molecule has 94 heavy (non-hydrogen) atoms. The van der Waals surface area contributed by atoms with E-state index in [9.17, 15) is 8.78 Å². The molecule has 14 heteroatoms. The zero-order valence-electron chi connectivity index (χ0n) is 52.7. The fourth-order valence-corrected chi connectivity index (χ4v) is 13.6. The number of imidazole rings is 2. The molecule has 3 aliphatic rings. The summed E-state index contributed by atoms with van der Waals surface area (Å²) in [5.41, 5.74) is 17.9. The largest absolute Gasteiger partial charge is 0.439 e. The van der Waals surface area contributed by atoms with Gasteiger partial charge in [0.05, 0.1) is 42.4 Å². The first kappa shape index (κ1) is 60.3. The summed E-state index contributed by atoms with van der Waals surface area (Å²) in [6.45, 7) is 14.0. The maximum Gasteiger partial charge on any atom is 0.209 e. The number of benzene rings is 9. The molecule has 3 aliphatic heterocycles. The Bertz CT molecular complexity index is 4520. The Hall–Kier alpha value is -9.93. The number of hydrogen-bond acceptors (Lipinski definition) is 10. The van der Waals surface area contributed by atoms with E-state index in [2.05, 4.69) is 203 Å². The number of halogens is 2. The van der Waals surface area contributed by atoms with Crippen LogP contribution in [0.3, 0.4) is 0 Å². The highest BCUT2D eigenvalue weighted by Gasteiger charge is 2.26. The number of nitrogens with one attached hydrogen (secondary N) is 2. The van der Waals surface area contributed by atoms with E-state index < -0.39 is 0 Å². The third-order valence-electron chi connectivity index (χ3n) is 18.7. The number of rotatable bonds is 19. The molecule has 0 bridgehead atoms. The Kier molecular flexibility index (Phi) is 17.8. The van der Waals surface area contributed by atoms with Gasteiger partial charge < -0.3 is 19.3 Å². The van der Waals surface area contributed by atoms with Crippen LogP contribution >= 0.6 is 0 Å². The number of nitrogens with zero attached hydrogens (tertiary/aromatic N) is 9. The third kappa shape index (κ3) is 13.9. The fourth-order valence-electron chi connectivity index (χ4n) is 13.6. The van der Waals surface area contributed by atoms with Crippen molar-refractivity contribution in [3.8, 4) is 89.9 Å². The van der Waals surface area contributed by atoms with Crippen LogP contribution in [0.25, 0.3) is 89.9 Å². The van der Waals surface area contributed by atoms with Crippen LogP contribution in [0.1, 0.15) is 28.7 Å². The molecule has 0 saturated carbocycles. The van der Waals surface area contributed by atoms with Crippen LogP contribution in [0.4, 0.5) is 14.5 Å². The third-order valence-corrected chi connectivity index (χ3v) is 18.7. The lowest BCUT2D eigenvalue weighted by atomic mass is 9.95. The van der Waals surface area contributed by atoms with Gasteiger partial charge in [-0.1, -0.05) is 188 Å². The zero-order chi connectivity index (χ0) is 63.2. The van der Waals surface area contributed by atoms with Crippen molar-refractivity contribution in [1.29, 1.82) is 0 Å². The van der Waals surface area contributed by atoms with Gasteiger partial charge in [-0.2, -0.15) is 0 Å². The smallest absolute Gasteiger partial charge is 0.209 e. The van der Waals surface area contributed by atoms with E-state index in [-0.39, 0.29) is 11.6 Å². The van der Waals surface area contributed by atoms with Crippen molar-refractivity contribution in [1.82, 2.24) is 49.4 Å². The summed E-state index contributed by atoms with van der Waals surface area (Å²) in [5, 5.41) is 0. The predicted molar refractivity (Wildman–Crippen MR) is 372 cm³/mol. The lowest BCUT2D eigenvalue weighted by Gasteiger charge is -2.35. The van der Waals surface area contributed by atoms with Gasteiger partial charge in [0.2, 0.25) is 5.89 Å². The molecule has 0 atom stereocenters. The highest BCUT2D eigenvalue weighted by molar-refractivity contribution is 5.86. The van der Waals surface area contributed by atoms with E-state index in [0.29, 0.717) is 32.1 Å². The van der Waals surface area contributed by atoms with Gasteiger partial charge in [-0.25, -0.2) is 23.7 Å². The van der Waals surface area contributed by atoms with Crippen LogP contribution in [0.5, 0.6) is 0 Å². The number of aromatic nitrogens is 5. The number of hydrogen-bond donors (Lipinski definition) is 2. The van der Waals surface area contributed by atoms with E-state index in [1.165, 1.54) is 11.6 Å². The van der Waals surface area contributed by atoms with Gasteiger partial charge in [-0.05, 0) is 76.3 Å². The minimum absolute atomic E-state index is 0.145. The number of H-pyrrole nitrogens is 2.